The Labute approximate surface area is 271 Å². The van der Waals surface area contributed by atoms with Gasteiger partial charge in [-0.05, 0) is 55.3 Å². The third-order valence-electron chi connectivity index (χ3n) is 10.3. The van der Waals surface area contributed by atoms with Gasteiger partial charge in [0.1, 0.15) is 22.9 Å². The summed E-state index contributed by atoms with van der Waals surface area (Å²) in [6.45, 7) is 4.22. The molecule has 1 aromatic heterocycles. The lowest BCUT2D eigenvalue weighted by molar-refractivity contribution is -0.134. The number of carbonyl (C=O) groups excluding carboxylic acids is 1. The second-order valence-electron chi connectivity index (χ2n) is 13.7. The maximum atomic E-state index is 16.9. The summed E-state index contributed by atoms with van der Waals surface area (Å²) in [6, 6.07) is 9.89. The molecule has 2 unspecified atom stereocenters. The highest BCUT2D eigenvalue weighted by atomic mass is 19.1. The fraction of sp³-hybridized carbons (Fsp3) is 0.417. The number of rotatable bonds is 7. The molecule has 4 aliphatic rings. The Hall–Kier alpha value is -4.53. The van der Waals surface area contributed by atoms with E-state index < -0.39 is 11.6 Å². The molecule has 0 spiro atoms. The largest absolute Gasteiger partial charge is 0.508 e. The molecule has 242 valence electrons. The summed E-state index contributed by atoms with van der Waals surface area (Å²) in [6.07, 6.45) is 9.74. The average Bonchev–Trinajstić information content (AvgIpc) is 3.74. The van der Waals surface area contributed by atoms with Gasteiger partial charge in [0, 0.05) is 79.2 Å². The van der Waals surface area contributed by atoms with E-state index >= 15 is 8.78 Å². The lowest BCUT2D eigenvalue weighted by atomic mass is 9.93. The number of phenols is 1. The summed E-state index contributed by atoms with van der Waals surface area (Å²) in [5.41, 5.74) is 0.0808. The number of aromatic nitrogens is 2. The van der Waals surface area contributed by atoms with Crippen molar-refractivity contribution in [2.75, 3.05) is 57.8 Å². The van der Waals surface area contributed by atoms with Crippen molar-refractivity contribution in [2.45, 2.75) is 37.8 Å². The Bertz CT molecular complexity index is 1960. The molecule has 8 rings (SSSR count). The van der Waals surface area contributed by atoms with Crippen LogP contribution in [0.1, 0.15) is 31.2 Å². The summed E-state index contributed by atoms with van der Waals surface area (Å²) in [4.78, 5) is 27.6. The van der Waals surface area contributed by atoms with E-state index in [2.05, 4.69) is 26.0 Å². The molecule has 4 aromatic rings. The number of amides is 1. The number of nitrogens with zero attached hydrogens (tertiary/aromatic N) is 5. The fourth-order valence-electron chi connectivity index (χ4n) is 7.57. The zero-order chi connectivity index (χ0) is 32.4. The molecule has 4 heterocycles. The lowest BCUT2D eigenvalue weighted by Crippen LogP contribution is -2.51. The number of ether oxygens (including phenoxy) is 1. The number of fused-ring (bicyclic) bond motifs is 4. The molecule has 1 aliphatic carbocycles. The first-order valence-corrected chi connectivity index (χ1v) is 16.2. The van der Waals surface area contributed by atoms with Crippen LogP contribution in [0.3, 0.4) is 0 Å². The number of halogens is 2. The van der Waals surface area contributed by atoms with Gasteiger partial charge in [-0.15, -0.1) is 6.42 Å². The van der Waals surface area contributed by atoms with Crippen LogP contribution < -0.4 is 15.0 Å². The number of likely N-dealkylation sites (N-methyl/N-ethyl adjacent to an activating group) is 1. The van der Waals surface area contributed by atoms with Crippen LogP contribution in [0.2, 0.25) is 0 Å². The molecule has 1 amide bonds. The second kappa shape index (κ2) is 11.3. The van der Waals surface area contributed by atoms with E-state index in [1.807, 2.05) is 7.05 Å². The first-order chi connectivity index (χ1) is 22.7. The van der Waals surface area contributed by atoms with Crippen molar-refractivity contribution in [1.29, 1.82) is 0 Å². The molecular weight excluding hydrogens is 602 g/mol. The lowest BCUT2D eigenvalue weighted by Gasteiger charge is -2.35. The number of terminal acetylenes is 1. The molecule has 3 saturated heterocycles. The molecule has 2 N–H and O–H groups in total. The van der Waals surface area contributed by atoms with Crippen molar-refractivity contribution in [1.82, 2.24) is 25.1 Å². The van der Waals surface area contributed by atoms with Crippen molar-refractivity contribution < 1.29 is 23.4 Å². The van der Waals surface area contributed by atoms with E-state index in [4.69, 9.17) is 16.1 Å². The number of phenolic OH excluding ortho intramolecular Hbond substituents is 1. The highest BCUT2D eigenvalue weighted by molar-refractivity contribution is 6.04. The van der Waals surface area contributed by atoms with Gasteiger partial charge in [0.05, 0.1) is 18.7 Å². The molecule has 2 atom stereocenters. The maximum absolute atomic E-state index is 16.9. The molecule has 11 heteroatoms. The molecule has 4 fully saturated rings. The van der Waals surface area contributed by atoms with Gasteiger partial charge in [0.2, 0.25) is 5.91 Å². The summed E-state index contributed by atoms with van der Waals surface area (Å²) in [5.74, 6) is 1.34. The molecule has 3 aliphatic heterocycles. The van der Waals surface area contributed by atoms with Crippen LogP contribution >= 0.6 is 0 Å². The van der Waals surface area contributed by atoms with Crippen LogP contribution in [0.25, 0.3) is 32.8 Å². The van der Waals surface area contributed by atoms with Crippen molar-refractivity contribution in [3.8, 4) is 35.2 Å². The normalized spacial score (nSPS) is 22.2. The predicted octanol–water partition coefficient (Wildman–Crippen LogP) is 4.29. The van der Waals surface area contributed by atoms with Crippen LogP contribution in [0.15, 0.2) is 36.4 Å². The van der Waals surface area contributed by atoms with Crippen molar-refractivity contribution in [2.24, 2.45) is 5.41 Å². The van der Waals surface area contributed by atoms with E-state index in [1.165, 1.54) is 18.2 Å². The van der Waals surface area contributed by atoms with Crippen LogP contribution in [-0.2, 0) is 4.79 Å². The molecule has 9 nitrogen and oxygen atoms in total. The van der Waals surface area contributed by atoms with Gasteiger partial charge in [-0.2, -0.15) is 9.97 Å². The first-order valence-electron chi connectivity index (χ1n) is 16.2. The number of aromatic hydroxyl groups is 1. The van der Waals surface area contributed by atoms with Gasteiger partial charge in [-0.3, -0.25) is 9.69 Å². The van der Waals surface area contributed by atoms with Gasteiger partial charge < -0.3 is 25.0 Å². The minimum atomic E-state index is -0.873. The predicted molar refractivity (Wildman–Crippen MR) is 175 cm³/mol. The number of anilines is 1. The van der Waals surface area contributed by atoms with E-state index in [0.29, 0.717) is 54.9 Å². The minimum Gasteiger partial charge on any atom is -0.508 e. The number of benzene rings is 3. The summed E-state index contributed by atoms with van der Waals surface area (Å²) in [7, 11) is 1.82. The quantitative estimate of drug-likeness (QED) is 0.290. The summed E-state index contributed by atoms with van der Waals surface area (Å²) in [5, 5.41) is 15.5. The third-order valence-corrected chi connectivity index (χ3v) is 10.3. The Morgan fingerprint density at radius 3 is 2.64 bits per heavy atom. The molecule has 1 saturated carbocycles. The number of carbonyl (C=O) groups is 1. The number of hydrogen-bond donors (Lipinski definition) is 2. The highest BCUT2D eigenvalue weighted by Gasteiger charge is 2.46. The fourth-order valence-corrected chi connectivity index (χ4v) is 7.57. The summed E-state index contributed by atoms with van der Waals surface area (Å²) < 4.78 is 39.4. The van der Waals surface area contributed by atoms with Crippen molar-refractivity contribution >= 4 is 33.4 Å². The topological polar surface area (TPSA) is 94.1 Å². The van der Waals surface area contributed by atoms with Crippen LogP contribution in [0.4, 0.5) is 14.6 Å². The first kappa shape index (κ1) is 29.8. The molecule has 47 heavy (non-hydrogen) atoms. The molecule has 3 aromatic carbocycles. The summed E-state index contributed by atoms with van der Waals surface area (Å²) >= 11 is 0. The molecule has 0 radical (unpaired) electrons. The van der Waals surface area contributed by atoms with Gasteiger partial charge in [-0.1, -0.05) is 18.1 Å². The standard InChI is InChI=1S/C36H36F2N6O3/c1-3-21-5-4-6-22-13-25(45)14-26(30(21)22)31-28(37)15-27-33(32(31)38)40-35(41-34(27)44-16-23-7-8-24(17-44)39-23)47-20-36(9-10-36)19-43-12-11-42(2)29(46)18-43/h1,4-6,13-15,23-24,39,45H,7-12,16-20H2,2H3. The average molecular weight is 639 g/mol. The smallest absolute Gasteiger partial charge is 0.319 e. The van der Waals surface area contributed by atoms with Crippen molar-refractivity contribution in [3.63, 3.8) is 0 Å². The number of piperazine rings is 2. The van der Waals surface area contributed by atoms with E-state index in [0.717, 1.165) is 38.8 Å². The van der Waals surface area contributed by atoms with Gasteiger partial charge >= 0.3 is 6.01 Å². The Balaban J connectivity index is 1.21. The second-order valence-corrected chi connectivity index (χ2v) is 13.7. The maximum Gasteiger partial charge on any atom is 0.319 e. The van der Waals surface area contributed by atoms with Crippen molar-refractivity contribution in [3.05, 3.63) is 53.6 Å². The Morgan fingerprint density at radius 1 is 1.13 bits per heavy atom. The zero-order valence-corrected chi connectivity index (χ0v) is 26.2. The third kappa shape index (κ3) is 5.39. The molecular formula is C36H36F2N6O3. The van der Waals surface area contributed by atoms with E-state index in [1.54, 1.807) is 23.1 Å². The van der Waals surface area contributed by atoms with Gasteiger partial charge in [-0.25, -0.2) is 8.78 Å². The SMILES string of the molecule is C#Cc1cccc2cc(O)cc(-c3c(F)cc4c(N5CC6CCC(C5)N6)nc(OCC5(CN6CCN(C)C(=O)C6)CC5)nc4c3F)c12. The number of nitrogens with one attached hydrogen (secondary N) is 1. The van der Waals surface area contributed by atoms with Crippen LogP contribution in [0, 0.1) is 29.4 Å². The monoisotopic (exact) mass is 638 g/mol. The minimum absolute atomic E-state index is 0.0284. The van der Waals surface area contributed by atoms with E-state index in [-0.39, 0.29) is 57.2 Å². The van der Waals surface area contributed by atoms with Crippen LogP contribution in [0.5, 0.6) is 11.8 Å². The molecule has 2 bridgehead atoms. The zero-order valence-electron chi connectivity index (χ0n) is 26.2. The van der Waals surface area contributed by atoms with Gasteiger partial charge in [0.15, 0.2) is 5.82 Å². The Kier molecular flexibility index (Phi) is 7.19. The van der Waals surface area contributed by atoms with Crippen LogP contribution in [-0.4, -0.2) is 95.8 Å². The Morgan fingerprint density at radius 2 is 1.91 bits per heavy atom. The van der Waals surface area contributed by atoms with Gasteiger partial charge in [0.25, 0.3) is 0 Å². The van der Waals surface area contributed by atoms with E-state index in [9.17, 15) is 9.90 Å². The highest BCUT2D eigenvalue weighted by Crippen LogP contribution is 2.47. The number of hydrogen-bond acceptors (Lipinski definition) is 8.